The molecule has 1 aliphatic heterocycles. The first-order valence-corrected chi connectivity index (χ1v) is 6.79. The van der Waals surface area contributed by atoms with Gasteiger partial charge in [-0.25, -0.2) is 0 Å². The van der Waals surface area contributed by atoms with Crippen molar-refractivity contribution in [3.05, 3.63) is 0 Å². The molecular formula is C11H20N2OS. The van der Waals surface area contributed by atoms with Crippen molar-refractivity contribution >= 4 is 16.9 Å². The highest BCUT2D eigenvalue weighted by molar-refractivity contribution is 8.14. The van der Waals surface area contributed by atoms with Crippen molar-refractivity contribution in [2.24, 2.45) is 4.99 Å². The van der Waals surface area contributed by atoms with E-state index in [9.17, 15) is 0 Å². The van der Waals surface area contributed by atoms with E-state index >= 15 is 0 Å². The minimum absolute atomic E-state index is 0.487. The molecule has 86 valence electrons. The zero-order valence-electron chi connectivity index (χ0n) is 9.53. The number of rotatable bonds is 4. The van der Waals surface area contributed by atoms with E-state index in [1.165, 1.54) is 6.42 Å². The number of thioether (sulfide) groups is 1. The van der Waals surface area contributed by atoms with Crippen LogP contribution in [0.15, 0.2) is 4.99 Å². The SMILES string of the molecule is CCOC1CC(NC2=NCC(CC)S2)C1. The summed E-state index contributed by atoms with van der Waals surface area (Å²) < 4.78 is 5.53. The van der Waals surface area contributed by atoms with E-state index in [1.807, 2.05) is 11.8 Å². The van der Waals surface area contributed by atoms with Crippen molar-refractivity contribution < 1.29 is 4.74 Å². The Bertz CT molecular complexity index is 239. The second kappa shape index (κ2) is 5.21. The third-order valence-electron chi connectivity index (χ3n) is 3.00. The molecule has 1 saturated carbocycles. The van der Waals surface area contributed by atoms with Crippen molar-refractivity contribution in [1.82, 2.24) is 5.32 Å². The Hall–Kier alpha value is -0.220. The summed E-state index contributed by atoms with van der Waals surface area (Å²) in [6.45, 7) is 6.12. The van der Waals surface area contributed by atoms with E-state index in [2.05, 4.69) is 24.2 Å². The minimum Gasteiger partial charge on any atom is -0.378 e. The van der Waals surface area contributed by atoms with Gasteiger partial charge in [-0.3, -0.25) is 4.99 Å². The summed E-state index contributed by atoms with van der Waals surface area (Å²) in [6, 6.07) is 0.600. The van der Waals surface area contributed by atoms with Crippen LogP contribution >= 0.6 is 11.8 Å². The Morgan fingerprint density at radius 1 is 1.47 bits per heavy atom. The van der Waals surface area contributed by atoms with Gasteiger partial charge in [0.1, 0.15) is 0 Å². The van der Waals surface area contributed by atoms with Gasteiger partial charge in [0.05, 0.1) is 12.6 Å². The zero-order valence-corrected chi connectivity index (χ0v) is 10.3. The third-order valence-corrected chi connectivity index (χ3v) is 4.28. The van der Waals surface area contributed by atoms with Crippen LogP contribution in [-0.2, 0) is 4.74 Å². The van der Waals surface area contributed by atoms with Gasteiger partial charge in [-0.2, -0.15) is 0 Å². The monoisotopic (exact) mass is 228 g/mol. The Kier molecular flexibility index (Phi) is 3.92. The van der Waals surface area contributed by atoms with E-state index in [0.717, 1.165) is 31.2 Å². The van der Waals surface area contributed by atoms with Crippen LogP contribution in [0.1, 0.15) is 33.1 Å². The molecule has 3 nitrogen and oxygen atoms in total. The van der Waals surface area contributed by atoms with Crippen LogP contribution in [0.3, 0.4) is 0 Å². The van der Waals surface area contributed by atoms with Crippen LogP contribution < -0.4 is 5.32 Å². The number of hydrogen-bond donors (Lipinski definition) is 1. The fourth-order valence-electron chi connectivity index (χ4n) is 1.94. The number of nitrogens with zero attached hydrogens (tertiary/aromatic N) is 1. The second-order valence-electron chi connectivity index (χ2n) is 4.18. The van der Waals surface area contributed by atoms with Gasteiger partial charge in [-0.15, -0.1) is 0 Å². The number of aliphatic imine (C=N–C) groups is 1. The molecule has 1 heterocycles. The van der Waals surface area contributed by atoms with Gasteiger partial charge in [-0.1, -0.05) is 18.7 Å². The largest absolute Gasteiger partial charge is 0.378 e. The smallest absolute Gasteiger partial charge is 0.157 e. The van der Waals surface area contributed by atoms with Crippen LogP contribution in [0, 0.1) is 0 Å². The van der Waals surface area contributed by atoms with E-state index in [-0.39, 0.29) is 0 Å². The molecule has 1 fully saturated rings. The molecule has 1 unspecified atom stereocenters. The van der Waals surface area contributed by atoms with Crippen molar-refractivity contribution in [3.8, 4) is 0 Å². The highest BCUT2D eigenvalue weighted by Crippen LogP contribution is 2.27. The van der Waals surface area contributed by atoms with Gasteiger partial charge in [0.15, 0.2) is 5.17 Å². The number of ether oxygens (including phenoxy) is 1. The summed E-state index contributed by atoms with van der Waals surface area (Å²) in [5, 5.41) is 5.36. The van der Waals surface area contributed by atoms with Crippen molar-refractivity contribution in [3.63, 3.8) is 0 Å². The molecule has 2 rings (SSSR count). The molecule has 1 N–H and O–H groups in total. The molecule has 0 saturated heterocycles. The lowest BCUT2D eigenvalue weighted by atomic mass is 9.89. The highest BCUT2D eigenvalue weighted by atomic mass is 32.2. The van der Waals surface area contributed by atoms with Crippen LogP contribution in [0.2, 0.25) is 0 Å². The predicted molar refractivity (Wildman–Crippen MR) is 65.5 cm³/mol. The minimum atomic E-state index is 0.487. The summed E-state index contributed by atoms with van der Waals surface area (Å²) in [7, 11) is 0. The summed E-state index contributed by atoms with van der Waals surface area (Å²) in [4.78, 5) is 4.51. The molecule has 0 radical (unpaired) electrons. The number of hydrogen-bond acceptors (Lipinski definition) is 4. The maximum Gasteiger partial charge on any atom is 0.157 e. The molecule has 1 atom stereocenters. The molecular weight excluding hydrogens is 208 g/mol. The Morgan fingerprint density at radius 2 is 2.27 bits per heavy atom. The van der Waals surface area contributed by atoms with E-state index < -0.39 is 0 Å². The van der Waals surface area contributed by atoms with Gasteiger partial charge < -0.3 is 10.1 Å². The normalized spacial score (nSPS) is 34.8. The first-order chi connectivity index (χ1) is 7.31. The van der Waals surface area contributed by atoms with Crippen LogP contribution in [0.5, 0.6) is 0 Å². The average Bonchev–Trinajstić information content (AvgIpc) is 2.62. The Morgan fingerprint density at radius 3 is 2.87 bits per heavy atom. The zero-order chi connectivity index (χ0) is 10.7. The molecule has 2 aliphatic rings. The summed E-state index contributed by atoms with van der Waals surface area (Å²) in [5.74, 6) is 0. The van der Waals surface area contributed by atoms with Crippen molar-refractivity contribution in [2.75, 3.05) is 13.2 Å². The summed E-state index contributed by atoms with van der Waals surface area (Å²) in [6.07, 6.45) is 3.99. The molecule has 0 aromatic rings. The lowest BCUT2D eigenvalue weighted by Crippen LogP contribution is -2.46. The molecule has 0 aromatic heterocycles. The Labute approximate surface area is 96.1 Å². The van der Waals surface area contributed by atoms with Gasteiger partial charge in [0, 0.05) is 17.9 Å². The molecule has 0 spiro atoms. The van der Waals surface area contributed by atoms with Crippen LogP contribution in [0.4, 0.5) is 0 Å². The first kappa shape index (κ1) is 11.3. The average molecular weight is 228 g/mol. The maximum atomic E-state index is 5.53. The standard InChI is InChI=1S/C11H20N2OS/c1-3-10-7-12-11(15-10)13-8-5-9(6-8)14-4-2/h8-10H,3-7H2,1-2H3,(H,12,13). The lowest BCUT2D eigenvalue weighted by Gasteiger charge is -2.35. The molecule has 1 aliphatic carbocycles. The lowest BCUT2D eigenvalue weighted by molar-refractivity contribution is -0.00541. The fourth-order valence-corrected chi connectivity index (χ4v) is 2.95. The third kappa shape index (κ3) is 2.88. The maximum absolute atomic E-state index is 5.53. The summed E-state index contributed by atoms with van der Waals surface area (Å²) in [5.41, 5.74) is 0. The van der Waals surface area contributed by atoms with Gasteiger partial charge in [0.25, 0.3) is 0 Å². The molecule has 0 bridgehead atoms. The van der Waals surface area contributed by atoms with Crippen LogP contribution in [0.25, 0.3) is 0 Å². The van der Waals surface area contributed by atoms with E-state index in [4.69, 9.17) is 4.74 Å². The van der Waals surface area contributed by atoms with Crippen molar-refractivity contribution in [2.45, 2.75) is 50.5 Å². The predicted octanol–water partition coefficient (Wildman–Crippen LogP) is 2.02. The molecule has 15 heavy (non-hydrogen) atoms. The topological polar surface area (TPSA) is 33.6 Å². The van der Waals surface area contributed by atoms with Crippen LogP contribution in [-0.4, -0.2) is 35.7 Å². The summed E-state index contributed by atoms with van der Waals surface area (Å²) >= 11 is 1.90. The fraction of sp³-hybridized carbons (Fsp3) is 0.909. The quantitative estimate of drug-likeness (QED) is 0.799. The van der Waals surface area contributed by atoms with E-state index in [1.54, 1.807) is 0 Å². The van der Waals surface area contributed by atoms with Gasteiger partial charge >= 0.3 is 0 Å². The second-order valence-corrected chi connectivity index (χ2v) is 5.47. The molecule has 4 heteroatoms. The van der Waals surface area contributed by atoms with E-state index in [0.29, 0.717) is 17.4 Å². The first-order valence-electron chi connectivity index (χ1n) is 5.91. The van der Waals surface area contributed by atoms with Gasteiger partial charge in [0.2, 0.25) is 0 Å². The van der Waals surface area contributed by atoms with Gasteiger partial charge in [-0.05, 0) is 26.2 Å². The Balaban J connectivity index is 1.64. The molecule has 0 aromatic carbocycles. The molecule has 0 amide bonds. The number of nitrogens with one attached hydrogen (secondary N) is 1. The highest BCUT2D eigenvalue weighted by Gasteiger charge is 2.31. The number of amidine groups is 1. The van der Waals surface area contributed by atoms with Crippen molar-refractivity contribution in [1.29, 1.82) is 0 Å².